The molecule has 2 unspecified atom stereocenters. The Bertz CT molecular complexity index is 1290. The number of carbonyl (C=O) groups excluding carboxylic acids is 2. The number of phosphoric ester groups is 1. The van der Waals surface area contributed by atoms with Crippen molar-refractivity contribution in [2.75, 3.05) is 47.5 Å². The SMILES string of the molecule is CC/C=C\C/C=C\C/C=C\C/C=C\CCCCCCCCCCCCC(=O)OC(COC(=O)CCCCCCCCCCCCCCCCCCCCCCC)COP(=O)(O)OCC[N+](C)(C)C. The van der Waals surface area contributed by atoms with Crippen molar-refractivity contribution in [1.29, 1.82) is 0 Å². The molecule has 9 nitrogen and oxygen atoms in total. The molecule has 68 heavy (non-hydrogen) atoms. The topological polar surface area (TPSA) is 108 Å². The fourth-order valence-electron chi connectivity index (χ4n) is 8.01. The van der Waals surface area contributed by atoms with Crippen LogP contribution in [0.3, 0.4) is 0 Å². The number of nitrogens with zero attached hydrogens (tertiary/aromatic N) is 1. The highest BCUT2D eigenvalue weighted by Crippen LogP contribution is 2.43. The standard InChI is InChI=1S/C58H108NO8P/c1-6-8-10-12-14-16-18-20-22-24-26-28-29-31-33-35-37-39-41-43-45-47-49-51-58(61)67-56(55-66-68(62,63)65-53-52-59(3,4)5)54-64-57(60)50-48-46-44-42-40-38-36-34-32-30-27-25-23-21-19-17-15-13-11-9-7-2/h8,10,14,16,20,22,26,28,56H,6-7,9,11-13,15,17-19,21,23-25,27,29-55H2,1-5H3/p+1/b10-8-,16-14-,22-20-,28-26-. The monoisotopic (exact) mass is 979 g/mol. The van der Waals surface area contributed by atoms with Crippen molar-refractivity contribution in [3.8, 4) is 0 Å². The quantitative estimate of drug-likeness (QED) is 0.0211. The molecule has 0 aromatic carbocycles. The Kier molecular flexibility index (Phi) is 48.4. The number of ether oxygens (including phenoxy) is 2. The third kappa shape index (κ3) is 53.3. The number of esters is 2. The molecular formula is C58H109NO8P+. The number of allylic oxidation sites excluding steroid dienone is 8. The molecular weight excluding hydrogens is 870 g/mol. The molecule has 0 aromatic heterocycles. The van der Waals surface area contributed by atoms with Gasteiger partial charge in [-0.2, -0.15) is 0 Å². The summed E-state index contributed by atoms with van der Waals surface area (Å²) in [4.78, 5) is 35.7. The summed E-state index contributed by atoms with van der Waals surface area (Å²) in [5.74, 6) is -0.792. The molecule has 0 saturated carbocycles. The van der Waals surface area contributed by atoms with Gasteiger partial charge >= 0.3 is 19.8 Å². The van der Waals surface area contributed by atoms with Crippen LogP contribution in [0.4, 0.5) is 0 Å². The van der Waals surface area contributed by atoms with Gasteiger partial charge < -0.3 is 18.9 Å². The van der Waals surface area contributed by atoms with Crippen LogP contribution in [0.15, 0.2) is 48.6 Å². The molecule has 0 rings (SSSR count). The summed E-state index contributed by atoms with van der Waals surface area (Å²) in [5.41, 5.74) is 0. The Balaban J connectivity index is 4.17. The zero-order chi connectivity index (χ0) is 49.9. The summed E-state index contributed by atoms with van der Waals surface area (Å²) in [6, 6.07) is 0. The first-order valence-corrected chi connectivity index (χ1v) is 29.9. The highest BCUT2D eigenvalue weighted by atomic mass is 31.2. The molecule has 0 bridgehead atoms. The third-order valence-corrected chi connectivity index (χ3v) is 13.4. The van der Waals surface area contributed by atoms with Gasteiger partial charge in [0, 0.05) is 12.8 Å². The molecule has 0 fully saturated rings. The second-order valence-corrected chi connectivity index (χ2v) is 21.8. The predicted molar refractivity (Wildman–Crippen MR) is 289 cm³/mol. The number of phosphoric acid groups is 1. The van der Waals surface area contributed by atoms with E-state index in [1.54, 1.807) is 0 Å². The zero-order valence-electron chi connectivity index (χ0n) is 45.1. The third-order valence-electron chi connectivity index (χ3n) is 12.4. The fraction of sp³-hybridized carbons (Fsp3) is 0.828. The average molecular weight is 979 g/mol. The summed E-state index contributed by atoms with van der Waals surface area (Å²) >= 11 is 0. The van der Waals surface area contributed by atoms with Gasteiger partial charge in [-0.25, -0.2) is 4.57 Å². The van der Waals surface area contributed by atoms with Gasteiger partial charge in [0.05, 0.1) is 27.7 Å². The molecule has 0 saturated heterocycles. The van der Waals surface area contributed by atoms with E-state index in [0.717, 1.165) is 70.6 Å². The predicted octanol–water partition coefficient (Wildman–Crippen LogP) is 17.4. The Morgan fingerprint density at radius 2 is 0.838 bits per heavy atom. The van der Waals surface area contributed by atoms with Crippen molar-refractivity contribution in [3.63, 3.8) is 0 Å². The van der Waals surface area contributed by atoms with Gasteiger partial charge in [-0.1, -0.05) is 242 Å². The highest BCUT2D eigenvalue weighted by Gasteiger charge is 2.27. The van der Waals surface area contributed by atoms with E-state index in [-0.39, 0.29) is 25.6 Å². The van der Waals surface area contributed by atoms with E-state index in [4.69, 9.17) is 18.5 Å². The number of unbranched alkanes of at least 4 members (excludes halogenated alkanes) is 30. The summed E-state index contributed by atoms with van der Waals surface area (Å²) < 4.78 is 34.6. The first-order chi connectivity index (χ1) is 33.0. The molecule has 2 atom stereocenters. The second kappa shape index (κ2) is 49.9. The van der Waals surface area contributed by atoms with E-state index in [0.29, 0.717) is 23.9 Å². The molecule has 398 valence electrons. The normalized spacial score (nSPS) is 13.7. The van der Waals surface area contributed by atoms with Gasteiger partial charge in [0.1, 0.15) is 19.8 Å². The molecule has 0 aliphatic heterocycles. The van der Waals surface area contributed by atoms with Crippen LogP contribution in [0.25, 0.3) is 0 Å². The van der Waals surface area contributed by atoms with E-state index < -0.39 is 26.5 Å². The van der Waals surface area contributed by atoms with Crippen molar-refractivity contribution in [3.05, 3.63) is 48.6 Å². The largest absolute Gasteiger partial charge is 0.472 e. The molecule has 10 heteroatoms. The van der Waals surface area contributed by atoms with Crippen LogP contribution in [0.2, 0.25) is 0 Å². The first-order valence-electron chi connectivity index (χ1n) is 28.4. The van der Waals surface area contributed by atoms with Gasteiger partial charge in [-0.15, -0.1) is 0 Å². The van der Waals surface area contributed by atoms with Crippen molar-refractivity contribution >= 4 is 19.8 Å². The molecule has 1 N–H and O–H groups in total. The van der Waals surface area contributed by atoms with Crippen LogP contribution in [0.1, 0.15) is 258 Å². The maximum absolute atomic E-state index is 12.8. The average Bonchev–Trinajstić information content (AvgIpc) is 3.30. The van der Waals surface area contributed by atoms with Crippen LogP contribution < -0.4 is 0 Å². The summed E-state index contributed by atoms with van der Waals surface area (Å²) in [7, 11) is 1.48. The zero-order valence-corrected chi connectivity index (χ0v) is 46.0. The Morgan fingerprint density at radius 3 is 1.25 bits per heavy atom. The van der Waals surface area contributed by atoms with Gasteiger partial charge in [0.15, 0.2) is 6.10 Å². The number of hydrogen-bond acceptors (Lipinski definition) is 7. The Hall–Kier alpha value is -2.03. The lowest BCUT2D eigenvalue weighted by molar-refractivity contribution is -0.870. The number of carbonyl (C=O) groups is 2. The minimum atomic E-state index is -4.38. The van der Waals surface area contributed by atoms with E-state index in [9.17, 15) is 19.0 Å². The first kappa shape index (κ1) is 66.0. The Labute approximate surface area is 420 Å². The molecule has 0 spiro atoms. The number of rotatable bonds is 52. The highest BCUT2D eigenvalue weighted by molar-refractivity contribution is 7.47. The fourth-order valence-corrected chi connectivity index (χ4v) is 8.75. The van der Waals surface area contributed by atoms with Gasteiger partial charge in [0.2, 0.25) is 0 Å². The van der Waals surface area contributed by atoms with Crippen molar-refractivity contribution < 1.29 is 42.1 Å². The van der Waals surface area contributed by atoms with Crippen molar-refractivity contribution in [1.82, 2.24) is 0 Å². The van der Waals surface area contributed by atoms with E-state index in [2.05, 4.69) is 62.5 Å². The minimum Gasteiger partial charge on any atom is -0.462 e. The van der Waals surface area contributed by atoms with E-state index in [1.165, 1.54) is 154 Å². The molecule has 0 radical (unpaired) electrons. The number of likely N-dealkylation sites (N-methyl/N-ethyl adjacent to an activating group) is 1. The smallest absolute Gasteiger partial charge is 0.462 e. The molecule has 0 aliphatic carbocycles. The van der Waals surface area contributed by atoms with Crippen LogP contribution in [-0.2, 0) is 32.7 Å². The minimum absolute atomic E-state index is 0.0312. The summed E-state index contributed by atoms with van der Waals surface area (Å²) in [6.07, 6.45) is 61.7. The summed E-state index contributed by atoms with van der Waals surface area (Å²) in [6.45, 7) is 4.35. The van der Waals surface area contributed by atoms with Crippen LogP contribution in [-0.4, -0.2) is 74.9 Å². The van der Waals surface area contributed by atoms with Gasteiger partial charge in [-0.05, 0) is 51.4 Å². The number of quaternary nitrogens is 1. The maximum atomic E-state index is 12.8. The second-order valence-electron chi connectivity index (χ2n) is 20.3. The number of hydrogen-bond donors (Lipinski definition) is 1. The molecule has 0 amide bonds. The van der Waals surface area contributed by atoms with E-state index >= 15 is 0 Å². The van der Waals surface area contributed by atoms with E-state index in [1.807, 2.05) is 21.1 Å². The molecule has 0 aliphatic rings. The van der Waals surface area contributed by atoms with Gasteiger partial charge in [0.25, 0.3) is 0 Å². The van der Waals surface area contributed by atoms with Crippen LogP contribution in [0, 0.1) is 0 Å². The van der Waals surface area contributed by atoms with Crippen LogP contribution in [0.5, 0.6) is 0 Å². The lowest BCUT2D eigenvalue weighted by Crippen LogP contribution is -2.37. The molecule has 0 aromatic rings. The summed E-state index contributed by atoms with van der Waals surface area (Å²) in [5, 5.41) is 0. The lowest BCUT2D eigenvalue weighted by atomic mass is 10.0. The lowest BCUT2D eigenvalue weighted by Gasteiger charge is -2.24. The maximum Gasteiger partial charge on any atom is 0.472 e. The van der Waals surface area contributed by atoms with Crippen LogP contribution >= 0.6 is 7.82 Å². The van der Waals surface area contributed by atoms with Crippen molar-refractivity contribution in [2.45, 2.75) is 264 Å². The van der Waals surface area contributed by atoms with Gasteiger partial charge in [-0.3, -0.25) is 18.6 Å². The molecule has 0 heterocycles. The van der Waals surface area contributed by atoms with Crippen molar-refractivity contribution in [2.24, 2.45) is 0 Å². The Morgan fingerprint density at radius 1 is 0.471 bits per heavy atom.